The number of benzene rings is 1. The third kappa shape index (κ3) is 4.69. The Kier molecular flexibility index (Phi) is 5.92. The number of piperazine rings is 1. The van der Waals surface area contributed by atoms with E-state index < -0.39 is 0 Å². The van der Waals surface area contributed by atoms with Crippen LogP contribution in [0.25, 0.3) is 0 Å². The van der Waals surface area contributed by atoms with Gasteiger partial charge in [0, 0.05) is 25.7 Å². The van der Waals surface area contributed by atoms with E-state index in [1.165, 1.54) is 57.7 Å². The number of likely N-dealkylation sites (N-methyl/N-ethyl adjacent to an activating group) is 1. The van der Waals surface area contributed by atoms with Crippen LogP contribution in [-0.2, 0) is 6.54 Å². The Labute approximate surface area is 141 Å². The lowest BCUT2D eigenvalue weighted by atomic mass is 10.0. The highest BCUT2D eigenvalue weighted by molar-refractivity contribution is 5.27. The van der Waals surface area contributed by atoms with E-state index in [1.807, 2.05) is 6.92 Å². The van der Waals surface area contributed by atoms with Gasteiger partial charge in [0.2, 0.25) is 0 Å². The van der Waals surface area contributed by atoms with Crippen LogP contribution in [-0.4, -0.2) is 68.8 Å². The summed E-state index contributed by atoms with van der Waals surface area (Å²) < 4.78 is 5.52. The van der Waals surface area contributed by atoms with Gasteiger partial charge in [0.1, 0.15) is 5.75 Å². The lowest BCUT2D eigenvalue weighted by molar-refractivity contribution is -0.884. The highest BCUT2D eigenvalue weighted by Gasteiger charge is 2.27. The van der Waals surface area contributed by atoms with Crippen LogP contribution in [0.1, 0.15) is 25.3 Å². The molecule has 1 N–H and O–H groups in total. The molecule has 0 aromatic heterocycles. The zero-order valence-corrected chi connectivity index (χ0v) is 14.8. The summed E-state index contributed by atoms with van der Waals surface area (Å²) in [7, 11) is 2.32. The molecule has 0 aliphatic carbocycles. The molecule has 0 amide bonds. The fourth-order valence-corrected chi connectivity index (χ4v) is 3.83. The fourth-order valence-electron chi connectivity index (χ4n) is 3.83. The van der Waals surface area contributed by atoms with Crippen molar-refractivity contribution in [1.29, 1.82) is 0 Å². The predicted molar refractivity (Wildman–Crippen MR) is 94.1 cm³/mol. The third-order valence-electron chi connectivity index (χ3n) is 5.37. The van der Waals surface area contributed by atoms with Gasteiger partial charge < -0.3 is 9.64 Å². The summed E-state index contributed by atoms with van der Waals surface area (Å²) in [4.78, 5) is 7.03. The molecule has 4 heteroatoms. The molecule has 23 heavy (non-hydrogen) atoms. The van der Waals surface area contributed by atoms with E-state index in [2.05, 4.69) is 41.1 Å². The van der Waals surface area contributed by atoms with Gasteiger partial charge in [0.25, 0.3) is 0 Å². The topological polar surface area (TPSA) is 20.2 Å². The second-order valence-electron chi connectivity index (χ2n) is 7.08. The maximum Gasteiger partial charge on any atom is 0.119 e. The first kappa shape index (κ1) is 16.7. The molecule has 2 aliphatic rings. The molecule has 3 rings (SSSR count). The Morgan fingerprint density at radius 2 is 1.70 bits per heavy atom. The number of nitrogens with zero attached hydrogens (tertiary/aromatic N) is 2. The summed E-state index contributed by atoms with van der Waals surface area (Å²) in [6, 6.07) is 9.43. The van der Waals surface area contributed by atoms with E-state index in [0.29, 0.717) is 0 Å². The second kappa shape index (κ2) is 8.13. The summed E-state index contributed by atoms with van der Waals surface area (Å²) in [5.41, 5.74) is 1.40. The van der Waals surface area contributed by atoms with E-state index in [-0.39, 0.29) is 0 Å². The van der Waals surface area contributed by atoms with Crippen molar-refractivity contribution in [3.8, 4) is 5.75 Å². The first-order chi connectivity index (χ1) is 11.2. The number of piperidine rings is 1. The first-order valence-corrected chi connectivity index (χ1v) is 9.24. The van der Waals surface area contributed by atoms with Crippen molar-refractivity contribution in [2.24, 2.45) is 0 Å². The molecule has 0 bridgehead atoms. The quantitative estimate of drug-likeness (QED) is 0.870. The Morgan fingerprint density at radius 3 is 2.30 bits per heavy atom. The van der Waals surface area contributed by atoms with Gasteiger partial charge in [0.05, 0.1) is 26.7 Å². The van der Waals surface area contributed by atoms with E-state index in [9.17, 15) is 0 Å². The summed E-state index contributed by atoms with van der Waals surface area (Å²) in [6.45, 7) is 11.5. The minimum atomic E-state index is 0.737. The number of hydrogen-bond acceptors (Lipinski definition) is 3. The third-order valence-corrected chi connectivity index (χ3v) is 5.37. The molecular weight excluding hydrogens is 286 g/mol. The molecule has 0 atom stereocenters. The van der Waals surface area contributed by atoms with Crippen molar-refractivity contribution in [2.45, 2.75) is 32.4 Å². The number of likely N-dealkylation sites (tertiary alicyclic amines) is 1. The van der Waals surface area contributed by atoms with Crippen LogP contribution < -0.4 is 9.64 Å². The van der Waals surface area contributed by atoms with E-state index >= 15 is 0 Å². The molecule has 1 aromatic rings. The van der Waals surface area contributed by atoms with Crippen molar-refractivity contribution in [2.75, 3.05) is 52.9 Å². The monoisotopic (exact) mass is 318 g/mol. The molecule has 2 heterocycles. The minimum Gasteiger partial charge on any atom is -0.494 e. The van der Waals surface area contributed by atoms with Gasteiger partial charge in [-0.05, 0) is 50.6 Å². The van der Waals surface area contributed by atoms with Gasteiger partial charge in [-0.1, -0.05) is 12.1 Å². The van der Waals surface area contributed by atoms with Crippen LogP contribution in [0.15, 0.2) is 24.3 Å². The lowest BCUT2D eigenvalue weighted by Gasteiger charge is -2.40. The Balaban J connectivity index is 1.43. The summed E-state index contributed by atoms with van der Waals surface area (Å²) in [5.74, 6) is 0.979. The molecular formula is C19H32N3O+. The molecule has 0 radical (unpaired) electrons. The molecule has 2 aliphatic heterocycles. The Bertz CT molecular complexity index is 460. The average Bonchev–Trinajstić information content (AvgIpc) is 2.58. The van der Waals surface area contributed by atoms with Crippen LogP contribution in [0, 0.1) is 0 Å². The molecule has 128 valence electrons. The maximum atomic E-state index is 5.52. The minimum absolute atomic E-state index is 0.737. The smallest absolute Gasteiger partial charge is 0.119 e. The fraction of sp³-hybridized carbons (Fsp3) is 0.684. The molecule has 4 nitrogen and oxygen atoms in total. The van der Waals surface area contributed by atoms with E-state index in [4.69, 9.17) is 4.74 Å². The summed E-state index contributed by atoms with van der Waals surface area (Å²) >= 11 is 0. The molecule has 1 aromatic carbocycles. The highest BCUT2D eigenvalue weighted by Crippen LogP contribution is 2.19. The van der Waals surface area contributed by atoms with Crippen LogP contribution >= 0.6 is 0 Å². The zero-order chi connectivity index (χ0) is 16.1. The van der Waals surface area contributed by atoms with E-state index in [1.54, 1.807) is 4.90 Å². The van der Waals surface area contributed by atoms with Gasteiger partial charge >= 0.3 is 0 Å². The van der Waals surface area contributed by atoms with Crippen molar-refractivity contribution < 1.29 is 9.64 Å². The maximum absolute atomic E-state index is 5.52. The number of hydrogen-bond donors (Lipinski definition) is 1. The first-order valence-electron chi connectivity index (χ1n) is 9.24. The van der Waals surface area contributed by atoms with Crippen molar-refractivity contribution in [1.82, 2.24) is 9.80 Å². The molecule has 2 saturated heterocycles. The van der Waals surface area contributed by atoms with Crippen LogP contribution in [0.4, 0.5) is 0 Å². The van der Waals surface area contributed by atoms with Gasteiger partial charge in [-0.3, -0.25) is 9.80 Å². The number of nitrogens with one attached hydrogen (secondary N) is 1. The number of rotatable bonds is 5. The second-order valence-corrected chi connectivity index (χ2v) is 7.08. The van der Waals surface area contributed by atoms with Crippen LogP contribution in [0.3, 0.4) is 0 Å². The van der Waals surface area contributed by atoms with Crippen LogP contribution in [0.5, 0.6) is 5.75 Å². The van der Waals surface area contributed by atoms with Crippen molar-refractivity contribution >= 4 is 0 Å². The average molecular weight is 318 g/mol. The largest absolute Gasteiger partial charge is 0.494 e. The van der Waals surface area contributed by atoms with Gasteiger partial charge in [-0.2, -0.15) is 0 Å². The normalized spacial score (nSPS) is 22.3. The molecule has 0 saturated carbocycles. The zero-order valence-electron chi connectivity index (χ0n) is 14.8. The SMILES string of the molecule is CCOc1ccc(CN2CCC(N3CC[NH+](C)CC3)CC2)cc1. The standard InChI is InChI=1S/C19H31N3O/c1-3-23-19-6-4-17(5-7-19)16-21-10-8-18(9-11-21)22-14-12-20(2)13-15-22/h4-7,18H,3,8-16H2,1-2H3/p+1. The van der Waals surface area contributed by atoms with Crippen LogP contribution in [0.2, 0.25) is 0 Å². The van der Waals surface area contributed by atoms with Gasteiger partial charge in [-0.15, -0.1) is 0 Å². The Hall–Kier alpha value is -1.10. The molecule has 0 unspecified atom stereocenters. The lowest BCUT2D eigenvalue weighted by Crippen LogP contribution is -3.12. The van der Waals surface area contributed by atoms with Crippen molar-refractivity contribution in [3.05, 3.63) is 29.8 Å². The summed E-state index contributed by atoms with van der Waals surface area (Å²) in [6.07, 6.45) is 2.66. The van der Waals surface area contributed by atoms with Gasteiger partial charge in [-0.25, -0.2) is 0 Å². The Morgan fingerprint density at radius 1 is 1.04 bits per heavy atom. The van der Waals surface area contributed by atoms with E-state index in [0.717, 1.165) is 24.9 Å². The highest BCUT2D eigenvalue weighted by atomic mass is 16.5. The molecule has 2 fully saturated rings. The van der Waals surface area contributed by atoms with Gasteiger partial charge in [0.15, 0.2) is 0 Å². The molecule has 0 spiro atoms. The summed E-state index contributed by atoms with van der Waals surface area (Å²) in [5, 5.41) is 0. The predicted octanol–water partition coefficient (Wildman–Crippen LogP) is 0.880. The number of ether oxygens (including phenoxy) is 1. The number of quaternary nitrogens is 1. The van der Waals surface area contributed by atoms with Crippen molar-refractivity contribution in [3.63, 3.8) is 0 Å².